The second kappa shape index (κ2) is 6.92. The molecule has 4 nitrogen and oxygen atoms in total. The van der Waals surface area contributed by atoms with Crippen molar-refractivity contribution in [2.75, 3.05) is 27.4 Å². The van der Waals surface area contributed by atoms with Gasteiger partial charge in [-0.05, 0) is 24.6 Å². The van der Waals surface area contributed by atoms with Gasteiger partial charge in [-0.3, -0.25) is 4.79 Å². The van der Waals surface area contributed by atoms with Gasteiger partial charge in [0.15, 0.2) is 0 Å². The number of carbonyl (C=O) groups excluding carboxylic acids is 1. The molecule has 0 saturated heterocycles. The van der Waals surface area contributed by atoms with E-state index < -0.39 is 0 Å². The summed E-state index contributed by atoms with van der Waals surface area (Å²) in [5.41, 5.74) is 0. The molecule has 0 bridgehead atoms. The van der Waals surface area contributed by atoms with Crippen molar-refractivity contribution in [3.63, 3.8) is 0 Å². The fourth-order valence-corrected chi connectivity index (χ4v) is 3.22. The average molecular weight is 314 g/mol. The number of benzene rings is 1. The topological polar surface area (TPSA) is 47.6 Å². The van der Waals surface area contributed by atoms with Crippen molar-refractivity contribution < 1.29 is 14.3 Å². The maximum Gasteiger partial charge on any atom is 0.262 e. The molecule has 0 unspecified atom stereocenters. The van der Waals surface area contributed by atoms with Gasteiger partial charge in [-0.25, -0.2) is 0 Å². The Morgan fingerprint density at radius 2 is 2.20 bits per heavy atom. The van der Waals surface area contributed by atoms with Gasteiger partial charge in [-0.15, -0.1) is 11.3 Å². The van der Waals surface area contributed by atoms with E-state index in [1.165, 1.54) is 11.3 Å². The van der Waals surface area contributed by atoms with Crippen LogP contribution in [0.1, 0.15) is 16.1 Å². The summed E-state index contributed by atoms with van der Waals surface area (Å²) in [5, 5.41) is 4.17. The molecular weight excluding hydrogens is 298 g/mol. The third-order valence-corrected chi connectivity index (χ3v) is 4.53. The molecule has 0 aliphatic rings. The number of ether oxygens (including phenoxy) is 2. The zero-order valence-corrected chi connectivity index (χ0v) is 12.9. The van der Waals surface area contributed by atoms with Gasteiger partial charge < -0.3 is 14.8 Å². The minimum Gasteiger partial charge on any atom is -0.497 e. The van der Waals surface area contributed by atoms with Crippen molar-refractivity contribution in [1.82, 2.24) is 5.32 Å². The average Bonchev–Trinajstić information content (AvgIpc) is 2.80. The lowest BCUT2D eigenvalue weighted by atomic mass is 10.2. The van der Waals surface area contributed by atoms with E-state index in [1.807, 2.05) is 18.2 Å². The summed E-state index contributed by atoms with van der Waals surface area (Å²) >= 11 is 7.67. The number of methoxy groups -OCH3 is 2. The van der Waals surface area contributed by atoms with E-state index >= 15 is 0 Å². The summed E-state index contributed by atoms with van der Waals surface area (Å²) in [5.74, 6) is 0.579. The minimum absolute atomic E-state index is 0.147. The maximum absolute atomic E-state index is 12.1. The molecule has 0 radical (unpaired) electrons. The number of fused-ring (bicyclic) bond motifs is 1. The van der Waals surface area contributed by atoms with Crippen LogP contribution in [0.3, 0.4) is 0 Å². The molecule has 0 saturated carbocycles. The Bertz CT molecular complexity index is 612. The number of hydrogen-bond acceptors (Lipinski definition) is 4. The Balaban J connectivity index is 2.17. The van der Waals surface area contributed by atoms with Crippen LogP contribution in [0.5, 0.6) is 5.75 Å². The van der Waals surface area contributed by atoms with Crippen LogP contribution in [-0.4, -0.2) is 33.3 Å². The molecule has 0 atom stereocenters. The summed E-state index contributed by atoms with van der Waals surface area (Å²) in [6, 6.07) is 5.61. The van der Waals surface area contributed by atoms with Gasteiger partial charge in [0.2, 0.25) is 0 Å². The molecule has 2 rings (SSSR count). The summed E-state index contributed by atoms with van der Waals surface area (Å²) in [7, 11) is 3.24. The lowest BCUT2D eigenvalue weighted by Crippen LogP contribution is -2.24. The van der Waals surface area contributed by atoms with E-state index in [2.05, 4.69) is 5.32 Å². The SMILES string of the molecule is COCCCNC(=O)c1sc2ccc(OC)cc2c1Cl. The van der Waals surface area contributed by atoms with Gasteiger partial charge in [0.05, 0.1) is 12.1 Å². The predicted molar refractivity (Wildman–Crippen MR) is 82.2 cm³/mol. The first-order chi connectivity index (χ1) is 9.67. The number of thiophene rings is 1. The molecule has 1 amide bonds. The molecule has 0 fully saturated rings. The van der Waals surface area contributed by atoms with Gasteiger partial charge >= 0.3 is 0 Å². The Kier molecular flexibility index (Phi) is 5.23. The highest BCUT2D eigenvalue weighted by Gasteiger charge is 2.17. The Morgan fingerprint density at radius 1 is 1.40 bits per heavy atom. The second-order valence-corrected chi connectivity index (χ2v) is 5.64. The summed E-state index contributed by atoms with van der Waals surface area (Å²) in [4.78, 5) is 12.6. The van der Waals surface area contributed by atoms with Gasteiger partial charge in [-0.2, -0.15) is 0 Å². The van der Waals surface area contributed by atoms with E-state index in [1.54, 1.807) is 14.2 Å². The number of carbonyl (C=O) groups is 1. The summed E-state index contributed by atoms with van der Waals surface area (Å²) < 4.78 is 11.1. The highest BCUT2D eigenvalue weighted by molar-refractivity contribution is 7.21. The smallest absolute Gasteiger partial charge is 0.262 e. The number of halogens is 1. The molecular formula is C14H16ClNO3S. The fourth-order valence-electron chi connectivity index (χ4n) is 1.82. The fraction of sp³-hybridized carbons (Fsp3) is 0.357. The highest BCUT2D eigenvalue weighted by atomic mass is 35.5. The van der Waals surface area contributed by atoms with Crippen molar-refractivity contribution in [3.8, 4) is 5.75 Å². The van der Waals surface area contributed by atoms with Crippen molar-refractivity contribution in [2.45, 2.75) is 6.42 Å². The molecule has 0 spiro atoms. The lowest BCUT2D eigenvalue weighted by Gasteiger charge is -2.03. The number of nitrogens with one attached hydrogen (secondary N) is 1. The minimum atomic E-state index is -0.147. The third-order valence-electron chi connectivity index (χ3n) is 2.85. The molecule has 0 aliphatic carbocycles. The molecule has 108 valence electrons. The van der Waals surface area contributed by atoms with E-state index in [-0.39, 0.29) is 5.91 Å². The van der Waals surface area contributed by atoms with E-state index in [4.69, 9.17) is 21.1 Å². The van der Waals surface area contributed by atoms with Gasteiger partial charge in [-0.1, -0.05) is 11.6 Å². The third kappa shape index (κ3) is 3.23. The van der Waals surface area contributed by atoms with E-state index in [0.29, 0.717) is 23.1 Å². The normalized spacial score (nSPS) is 10.8. The van der Waals surface area contributed by atoms with E-state index in [9.17, 15) is 4.79 Å². The van der Waals surface area contributed by atoms with Crippen LogP contribution in [0.2, 0.25) is 5.02 Å². The molecule has 6 heteroatoms. The van der Waals surface area contributed by atoms with Crippen LogP contribution in [-0.2, 0) is 4.74 Å². The number of hydrogen-bond donors (Lipinski definition) is 1. The zero-order valence-electron chi connectivity index (χ0n) is 11.4. The molecule has 1 aromatic heterocycles. The van der Waals surface area contributed by atoms with Gasteiger partial charge in [0.1, 0.15) is 10.6 Å². The van der Waals surface area contributed by atoms with Gasteiger partial charge in [0.25, 0.3) is 5.91 Å². The molecule has 1 aromatic carbocycles. The first kappa shape index (κ1) is 15.1. The lowest BCUT2D eigenvalue weighted by molar-refractivity contribution is 0.0953. The van der Waals surface area contributed by atoms with Crippen LogP contribution < -0.4 is 10.1 Å². The second-order valence-electron chi connectivity index (χ2n) is 4.21. The van der Waals surface area contributed by atoms with E-state index in [0.717, 1.165) is 22.3 Å². The molecule has 1 N–H and O–H groups in total. The van der Waals surface area contributed by atoms with Crippen molar-refractivity contribution in [1.29, 1.82) is 0 Å². The molecule has 2 aromatic rings. The van der Waals surface area contributed by atoms with Crippen LogP contribution in [0.25, 0.3) is 10.1 Å². The van der Waals surface area contributed by atoms with Crippen molar-refractivity contribution in [3.05, 3.63) is 28.1 Å². The highest BCUT2D eigenvalue weighted by Crippen LogP contribution is 2.37. The molecule has 20 heavy (non-hydrogen) atoms. The van der Waals surface area contributed by atoms with Crippen LogP contribution in [0.4, 0.5) is 0 Å². The standard InChI is InChI=1S/C14H16ClNO3S/c1-18-7-3-6-16-14(17)13-12(15)10-8-9(19-2)4-5-11(10)20-13/h4-5,8H,3,6-7H2,1-2H3,(H,16,17). The molecule has 1 heterocycles. The number of amides is 1. The Morgan fingerprint density at radius 3 is 2.90 bits per heavy atom. The number of rotatable bonds is 6. The van der Waals surface area contributed by atoms with Gasteiger partial charge in [0, 0.05) is 30.3 Å². The predicted octanol–water partition coefficient (Wildman–Crippen LogP) is 3.33. The summed E-state index contributed by atoms with van der Waals surface area (Å²) in [6.45, 7) is 1.19. The van der Waals surface area contributed by atoms with Crippen LogP contribution in [0.15, 0.2) is 18.2 Å². The first-order valence-corrected chi connectivity index (χ1v) is 7.40. The monoisotopic (exact) mass is 313 g/mol. The first-order valence-electron chi connectivity index (χ1n) is 6.20. The largest absolute Gasteiger partial charge is 0.497 e. The van der Waals surface area contributed by atoms with Crippen LogP contribution >= 0.6 is 22.9 Å². The molecule has 0 aliphatic heterocycles. The summed E-state index contributed by atoms with van der Waals surface area (Å²) in [6.07, 6.45) is 0.776. The van der Waals surface area contributed by atoms with Crippen LogP contribution in [0, 0.1) is 0 Å². The quantitative estimate of drug-likeness (QED) is 0.832. The zero-order chi connectivity index (χ0) is 14.5. The maximum atomic E-state index is 12.1. The Hall–Kier alpha value is -1.30. The van der Waals surface area contributed by atoms with Crippen molar-refractivity contribution >= 4 is 38.9 Å². The Labute approximate surface area is 126 Å². The van der Waals surface area contributed by atoms with Crippen molar-refractivity contribution in [2.24, 2.45) is 0 Å².